The van der Waals surface area contributed by atoms with E-state index in [0.717, 1.165) is 11.1 Å². The number of rotatable bonds is 3. The molecule has 0 aliphatic carbocycles. The lowest BCUT2D eigenvalue weighted by Gasteiger charge is -2.30. The van der Waals surface area contributed by atoms with Crippen molar-refractivity contribution in [2.24, 2.45) is 0 Å². The first-order chi connectivity index (χ1) is 10.6. The van der Waals surface area contributed by atoms with E-state index in [2.05, 4.69) is 4.90 Å². The van der Waals surface area contributed by atoms with Gasteiger partial charge in [-0.1, -0.05) is 0 Å². The van der Waals surface area contributed by atoms with Crippen molar-refractivity contribution in [3.8, 4) is 5.75 Å². The second-order valence-corrected chi connectivity index (χ2v) is 7.18. The van der Waals surface area contributed by atoms with Crippen molar-refractivity contribution < 1.29 is 14.3 Å². The number of ether oxygens (including phenoxy) is 2. The molecule has 0 fully saturated rings. The topological polar surface area (TPSA) is 68.0 Å². The van der Waals surface area contributed by atoms with Crippen LogP contribution in [0.1, 0.15) is 37.9 Å². The summed E-state index contributed by atoms with van der Waals surface area (Å²) in [7, 11) is 5.57. The number of benzene rings is 1. The molecule has 1 unspecified atom stereocenters. The molecule has 1 aromatic rings. The third kappa shape index (κ3) is 3.88. The van der Waals surface area contributed by atoms with Crippen LogP contribution in [-0.4, -0.2) is 49.2 Å². The summed E-state index contributed by atoms with van der Waals surface area (Å²) < 4.78 is 10.9. The maximum atomic E-state index is 12.6. The van der Waals surface area contributed by atoms with Crippen LogP contribution < -0.4 is 10.5 Å². The van der Waals surface area contributed by atoms with Crippen molar-refractivity contribution >= 4 is 11.8 Å². The lowest BCUT2D eigenvalue weighted by molar-refractivity contribution is 0.0150. The minimum Gasteiger partial charge on any atom is -0.495 e. The molecule has 0 aromatic heterocycles. The summed E-state index contributed by atoms with van der Waals surface area (Å²) in [6.45, 7) is 6.82. The van der Waals surface area contributed by atoms with Crippen LogP contribution in [0.5, 0.6) is 5.75 Å². The maximum Gasteiger partial charge on any atom is 0.411 e. The van der Waals surface area contributed by atoms with Crippen molar-refractivity contribution in [3.05, 3.63) is 23.3 Å². The van der Waals surface area contributed by atoms with Gasteiger partial charge in [0.05, 0.1) is 25.4 Å². The van der Waals surface area contributed by atoms with Gasteiger partial charge >= 0.3 is 6.09 Å². The van der Waals surface area contributed by atoms with E-state index >= 15 is 0 Å². The summed E-state index contributed by atoms with van der Waals surface area (Å²) in [4.78, 5) is 16.4. The van der Waals surface area contributed by atoms with E-state index in [1.54, 1.807) is 12.0 Å². The SMILES string of the molecule is COc1cc2c(cc1N)CN(C(=O)OC(C)(C)C)C2CN(C)C. The molecule has 1 aromatic carbocycles. The minimum absolute atomic E-state index is 0.0793. The van der Waals surface area contributed by atoms with Crippen molar-refractivity contribution in [2.75, 3.05) is 33.5 Å². The van der Waals surface area contributed by atoms with Gasteiger partial charge in [0.15, 0.2) is 0 Å². The fraction of sp³-hybridized carbons (Fsp3) is 0.588. The van der Waals surface area contributed by atoms with Crippen LogP contribution in [0.15, 0.2) is 12.1 Å². The number of amides is 1. The number of carbonyl (C=O) groups is 1. The van der Waals surface area contributed by atoms with Gasteiger partial charge in [0.1, 0.15) is 11.4 Å². The summed E-state index contributed by atoms with van der Waals surface area (Å²) in [6.07, 6.45) is -0.307. The number of carbonyl (C=O) groups excluding carboxylic acids is 1. The highest BCUT2D eigenvalue weighted by Crippen LogP contribution is 2.39. The van der Waals surface area contributed by atoms with Crippen LogP contribution >= 0.6 is 0 Å². The van der Waals surface area contributed by atoms with Gasteiger partial charge in [-0.25, -0.2) is 4.79 Å². The van der Waals surface area contributed by atoms with Gasteiger partial charge < -0.3 is 20.1 Å². The monoisotopic (exact) mass is 321 g/mol. The Morgan fingerprint density at radius 3 is 2.57 bits per heavy atom. The molecule has 1 aliphatic heterocycles. The van der Waals surface area contributed by atoms with Crippen LogP contribution in [0.2, 0.25) is 0 Å². The largest absolute Gasteiger partial charge is 0.495 e. The Morgan fingerprint density at radius 2 is 2.04 bits per heavy atom. The number of nitrogens with two attached hydrogens (primary N) is 1. The van der Waals surface area contributed by atoms with Crippen molar-refractivity contribution in [1.82, 2.24) is 9.80 Å². The molecule has 128 valence electrons. The van der Waals surface area contributed by atoms with Crippen LogP contribution in [0.4, 0.5) is 10.5 Å². The molecule has 1 heterocycles. The Kier molecular flexibility index (Phi) is 4.75. The fourth-order valence-electron chi connectivity index (χ4n) is 2.80. The first-order valence-electron chi connectivity index (χ1n) is 7.73. The third-order valence-electron chi connectivity index (χ3n) is 3.73. The van der Waals surface area contributed by atoms with E-state index in [9.17, 15) is 4.79 Å². The lowest BCUT2D eigenvalue weighted by Crippen LogP contribution is -2.39. The molecule has 6 heteroatoms. The first-order valence-corrected chi connectivity index (χ1v) is 7.73. The molecule has 2 N–H and O–H groups in total. The van der Waals surface area contributed by atoms with Crippen molar-refractivity contribution in [1.29, 1.82) is 0 Å². The Bertz CT molecular complexity index is 593. The quantitative estimate of drug-likeness (QED) is 0.867. The van der Waals surface area contributed by atoms with E-state index in [-0.39, 0.29) is 12.1 Å². The molecule has 23 heavy (non-hydrogen) atoms. The maximum absolute atomic E-state index is 12.6. The van der Waals surface area contributed by atoms with Gasteiger partial charge in [-0.2, -0.15) is 0 Å². The van der Waals surface area contributed by atoms with Crippen LogP contribution in [-0.2, 0) is 11.3 Å². The Morgan fingerprint density at radius 1 is 1.39 bits per heavy atom. The van der Waals surface area contributed by atoms with E-state index in [4.69, 9.17) is 15.2 Å². The zero-order valence-electron chi connectivity index (χ0n) is 14.8. The third-order valence-corrected chi connectivity index (χ3v) is 3.73. The van der Waals surface area contributed by atoms with Gasteiger partial charge in [-0.05, 0) is 58.1 Å². The Hall–Kier alpha value is -1.95. The average molecular weight is 321 g/mol. The lowest BCUT2D eigenvalue weighted by atomic mass is 10.0. The molecular weight excluding hydrogens is 294 g/mol. The first kappa shape index (κ1) is 17.4. The molecule has 1 amide bonds. The highest BCUT2D eigenvalue weighted by atomic mass is 16.6. The normalized spacial score (nSPS) is 17.3. The Balaban J connectivity index is 2.36. The molecule has 1 aliphatic rings. The molecule has 0 bridgehead atoms. The van der Waals surface area contributed by atoms with Crippen molar-refractivity contribution in [2.45, 2.75) is 39.0 Å². The van der Waals surface area contributed by atoms with Crippen LogP contribution in [0.25, 0.3) is 0 Å². The van der Waals surface area contributed by atoms with Crippen molar-refractivity contribution in [3.63, 3.8) is 0 Å². The number of hydrogen-bond donors (Lipinski definition) is 1. The number of methoxy groups -OCH3 is 1. The van der Waals surface area contributed by atoms with Gasteiger partial charge in [0.2, 0.25) is 0 Å². The predicted molar refractivity (Wildman–Crippen MR) is 90.5 cm³/mol. The predicted octanol–water partition coefficient (Wildman–Crippen LogP) is 2.63. The summed E-state index contributed by atoms with van der Waals surface area (Å²) in [5.41, 5.74) is 8.17. The molecule has 0 radical (unpaired) electrons. The average Bonchev–Trinajstić information content (AvgIpc) is 2.73. The second kappa shape index (κ2) is 6.28. The molecule has 2 rings (SSSR count). The highest BCUT2D eigenvalue weighted by molar-refractivity contribution is 5.71. The van der Waals surface area contributed by atoms with Gasteiger partial charge in [0.25, 0.3) is 0 Å². The molecule has 1 atom stereocenters. The van der Waals surface area contributed by atoms with E-state index in [1.165, 1.54) is 0 Å². The van der Waals surface area contributed by atoms with Gasteiger partial charge in [-0.3, -0.25) is 4.90 Å². The van der Waals surface area contributed by atoms with E-state index in [0.29, 0.717) is 24.5 Å². The number of fused-ring (bicyclic) bond motifs is 1. The second-order valence-electron chi connectivity index (χ2n) is 7.18. The van der Waals surface area contributed by atoms with E-state index < -0.39 is 5.60 Å². The van der Waals surface area contributed by atoms with Crippen LogP contribution in [0, 0.1) is 0 Å². The summed E-state index contributed by atoms with van der Waals surface area (Å²) in [5, 5.41) is 0. The Labute approximate surface area is 138 Å². The number of hydrogen-bond acceptors (Lipinski definition) is 5. The molecule has 0 saturated carbocycles. The zero-order chi connectivity index (χ0) is 17.4. The number of anilines is 1. The summed E-state index contributed by atoms with van der Waals surface area (Å²) in [5.74, 6) is 0.638. The number of nitrogens with zero attached hydrogens (tertiary/aromatic N) is 2. The summed E-state index contributed by atoms with van der Waals surface area (Å²) in [6, 6.07) is 3.74. The minimum atomic E-state index is -0.523. The fourth-order valence-corrected chi connectivity index (χ4v) is 2.80. The van der Waals surface area contributed by atoms with Gasteiger partial charge in [-0.15, -0.1) is 0 Å². The standard InChI is InChI=1S/C17H27N3O3/c1-17(2,3)23-16(21)20-9-11-7-13(18)15(22-6)8-12(11)14(20)10-19(4)5/h7-8,14H,9-10,18H2,1-6H3. The zero-order valence-corrected chi connectivity index (χ0v) is 14.8. The molecular formula is C17H27N3O3. The van der Waals surface area contributed by atoms with Crippen LogP contribution in [0.3, 0.4) is 0 Å². The highest BCUT2D eigenvalue weighted by Gasteiger charge is 2.37. The van der Waals surface area contributed by atoms with Gasteiger partial charge in [0, 0.05) is 6.54 Å². The number of nitrogen functional groups attached to an aromatic ring is 1. The van der Waals surface area contributed by atoms with E-state index in [1.807, 2.05) is 47.0 Å². The number of likely N-dealkylation sites (N-methyl/N-ethyl adjacent to an activating group) is 1. The summed E-state index contributed by atoms with van der Waals surface area (Å²) >= 11 is 0. The molecule has 0 saturated heterocycles. The molecule has 6 nitrogen and oxygen atoms in total. The smallest absolute Gasteiger partial charge is 0.411 e. The molecule has 0 spiro atoms.